The van der Waals surface area contributed by atoms with Crippen LogP contribution in [0.4, 0.5) is 5.69 Å². The molecule has 0 radical (unpaired) electrons. The van der Waals surface area contributed by atoms with Crippen LogP contribution in [-0.2, 0) is 16.1 Å². The van der Waals surface area contributed by atoms with E-state index >= 15 is 0 Å². The van der Waals surface area contributed by atoms with Crippen molar-refractivity contribution in [2.24, 2.45) is 0 Å². The van der Waals surface area contributed by atoms with Gasteiger partial charge in [0.25, 0.3) is 11.6 Å². The molecule has 2 aromatic rings. The Labute approximate surface area is 161 Å². The highest BCUT2D eigenvalue weighted by atomic mass is 16.6. The number of amides is 1. The van der Waals surface area contributed by atoms with Crippen LogP contribution in [0.3, 0.4) is 0 Å². The third-order valence-electron chi connectivity index (χ3n) is 3.91. The number of nitrogens with zero attached hydrogens (tertiary/aromatic N) is 1. The SMILES string of the molecule is COc1ccc(CNC(=O)COC(=O)c2ccc(C)c([N+](=O)[O-])c2)cc1OC. The quantitative estimate of drug-likeness (QED) is 0.419. The zero-order valence-corrected chi connectivity index (χ0v) is 15.7. The minimum absolute atomic E-state index is 0.00462. The first-order chi connectivity index (χ1) is 13.3. The van der Waals surface area contributed by atoms with E-state index in [-0.39, 0.29) is 17.8 Å². The fraction of sp³-hybridized carbons (Fsp3) is 0.263. The number of aryl methyl sites for hydroxylation is 1. The molecular weight excluding hydrogens is 368 g/mol. The molecule has 9 nitrogen and oxygen atoms in total. The lowest BCUT2D eigenvalue weighted by Crippen LogP contribution is -2.28. The number of rotatable bonds is 8. The van der Waals surface area contributed by atoms with Gasteiger partial charge in [-0.3, -0.25) is 14.9 Å². The van der Waals surface area contributed by atoms with Gasteiger partial charge in [-0.25, -0.2) is 4.79 Å². The van der Waals surface area contributed by atoms with Crippen LogP contribution >= 0.6 is 0 Å². The third-order valence-corrected chi connectivity index (χ3v) is 3.91. The van der Waals surface area contributed by atoms with Crippen LogP contribution in [0.25, 0.3) is 0 Å². The number of hydrogen-bond acceptors (Lipinski definition) is 7. The standard InChI is InChI=1S/C19H20N2O7/c1-12-4-6-14(9-15(12)21(24)25)19(23)28-11-18(22)20-10-13-5-7-16(26-2)17(8-13)27-3/h4-9H,10-11H2,1-3H3,(H,20,22). The van der Waals surface area contributed by atoms with Gasteiger partial charge in [-0.05, 0) is 30.7 Å². The lowest BCUT2D eigenvalue weighted by molar-refractivity contribution is -0.385. The van der Waals surface area contributed by atoms with Gasteiger partial charge < -0.3 is 19.5 Å². The first kappa shape index (κ1) is 20.7. The smallest absolute Gasteiger partial charge is 0.338 e. The molecule has 28 heavy (non-hydrogen) atoms. The number of carbonyl (C=O) groups is 2. The van der Waals surface area contributed by atoms with E-state index in [0.29, 0.717) is 17.1 Å². The number of ether oxygens (including phenoxy) is 3. The molecule has 1 amide bonds. The Morgan fingerprint density at radius 3 is 2.43 bits per heavy atom. The fourth-order valence-electron chi connectivity index (χ4n) is 2.39. The first-order valence-corrected chi connectivity index (χ1v) is 8.25. The van der Waals surface area contributed by atoms with Crippen molar-refractivity contribution in [1.29, 1.82) is 0 Å². The van der Waals surface area contributed by atoms with E-state index < -0.39 is 23.4 Å². The summed E-state index contributed by atoms with van der Waals surface area (Å²) in [6, 6.07) is 9.18. The van der Waals surface area contributed by atoms with Gasteiger partial charge in [0.05, 0.1) is 24.7 Å². The van der Waals surface area contributed by atoms with Gasteiger partial charge in [0.2, 0.25) is 0 Å². The van der Waals surface area contributed by atoms with Crippen molar-refractivity contribution in [1.82, 2.24) is 5.32 Å². The van der Waals surface area contributed by atoms with Crippen molar-refractivity contribution in [3.05, 3.63) is 63.2 Å². The molecule has 0 fully saturated rings. The molecule has 9 heteroatoms. The van der Waals surface area contributed by atoms with Gasteiger partial charge in [0, 0.05) is 18.2 Å². The molecule has 1 N–H and O–H groups in total. The van der Waals surface area contributed by atoms with Crippen molar-refractivity contribution in [2.75, 3.05) is 20.8 Å². The zero-order valence-electron chi connectivity index (χ0n) is 15.7. The summed E-state index contributed by atoms with van der Waals surface area (Å²) in [5.74, 6) is -0.227. The van der Waals surface area contributed by atoms with Gasteiger partial charge in [0.15, 0.2) is 18.1 Å². The van der Waals surface area contributed by atoms with Crippen molar-refractivity contribution < 1.29 is 28.7 Å². The molecule has 0 heterocycles. The highest BCUT2D eigenvalue weighted by molar-refractivity contribution is 5.92. The molecule has 0 unspecified atom stereocenters. The Balaban J connectivity index is 1.90. The summed E-state index contributed by atoms with van der Waals surface area (Å²) in [5, 5.41) is 13.6. The van der Waals surface area contributed by atoms with Crippen LogP contribution in [0.15, 0.2) is 36.4 Å². The summed E-state index contributed by atoms with van der Waals surface area (Å²) >= 11 is 0. The molecule has 0 atom stereocenters. The molecule has 0 spiro atoms. The van der Waals surface area contributed by atoms with E-state index in [4.69, 9.17) is 14.2 Å². The molecule has 148 valence electrons. The largest absolute Gasteiger partial charge is 0.493 e. The van der Waals surface area contributed by atoms with Crippen molar-refractivity contribution >= 4 is 17.6 Å². The second-order valence-corrected chi connectivity index (χ2v) is 5.80. The molecule has 0 saturated heterocycles. The molecule has 0 bridgehead atoms. The number of nitrogens with one attached hydrogen (secondary N) is 1. The van der Waals surface area contributed by atoms with Gasteiger partial charge in [-0.1, -0.05) is 12.1 Å². The fourth-order valence-corrected chi connectivity index (χ4v) is 2.39. The zero-order chi connectivity index (χ0) is 20.7. The third kappa shape index (κ3) is 5.19. The van der Waals surface area contributed by atoms with E-state index in [1.54, 1.807) is 25.1 Å². The molecule has 0 aliphatic carbocycles. The van der Waals surface area contributed by atoms with Gasteiger partial charge in [-0.2, -0.15) is 0 Å². The van der Waals surface area contributed by atoms with Gasteiger partial charge >= 0.3 is 5.97 Å². The number of benzene rings is 2. The van der Waals surface area contributed by atoms with Crippen LogP contribution in [0.1, 0.15) is 21.5 Å². The van der Waals surface area contributed by atoms with E-state index in [2.05, 4.69) is 5.32 Å². The number of carbonyl (C=O) groups excluding carboxylic acids is 2. The normalized spacial score (nSPS) is 10.1. The lowest BCUT2D eigenvalue weighted by Gasteiger charge is -2.10. The molecule has 0 aromatic heterocycles. The Bertz CT molecular complexity index is 896. The van der Waals surface area contributed by atoms with Crippen molar-refractivity contribution in [2.45, 2.75) is 13.5 Å². The summed E-state index contributed by atoms with van der Waals surface area (Å²) in [7, 11) is 3.03. The van der Waals surface area contributed by atoms with Crippen LogP contribution in [0.2, 0.25) is 0 Å². The second-order valence-electron chi connectivity index (χ2n) is 5.80. The molecular formula is C19H20N2O7. The van der Waals surface area contributed by atoms with E-state index in [1.807, 2.05) is 0 Å². The van der Waals surface area contributed by atoms with Gasteiger partial charge in [0.1, 0.15) is 0 Å². The Morgan fingerprint density at radius 1 is 1.07 bits per heavy atom. The number of methoxy groups -OCH3 is 2. The Kier molecular flexibility index (Phi) is 6.91. The predicted molar refractivity (Wildman–Crippen MR) is 99.5 cm³/mol. The van der Waals surface area contributed by atoms with E-state index in [9.17, 15) is 19.7 Å². The minimum atomic E-state index is -0.815. The summed E-state index contributed by atoms with van der Waals surface area (Å²) in [6.07, 6.45) is 0. The first-order valence-electron chi connectivity index (χ1n) is 8.25. The molecule has 0 aliphatic rings. The molecule has 2 aromatic carbocycles. The lowest BCUT2D eigenvalue weighted by atomic mass is 10.1. The monoisotopic (exact) mass is 388 g/mol. The highest BCUT2D eigenvalue weighted by Gasteiger charge is 2.17. The highest BCUT2D eigenvalue weighted by Crippen LogP contribution is 2.27. The van der Waals surface area contributed by atoms with Crippen molar-refractivity contribution in [3.8, 4) is 11.5 Å². The molecule has 0 saturated carbocycles. The second kappa shape index (κ2) is 9.36. The Morgan fingerprint density at radius 2 is 1.79 bits per heavy atom. The average Bonchev–Trinajstić information content (AvgIpc) is 2.70. The van der Waals surface area contributed by atoms with Crippen LogP contribution < -0.4 is 14.8 Å². The molecule has 0 aliphatic heterocycles. The van der Waals surface area contributed by atoms with Crippen molar-refractivity contribution in [3.63, 3.8) is 0 Å². The summed E-state index contributed by atoms with van der Waals surface area (Å²) in [6.45, 7) is 1.26. The summed E-state index contributed by atoms with van der Waals surface area (Å²) in [4.78, 5) is 34.3. The van der Waals surface area contributed by atoms with Crippen LogP contribution in [0, 0.1) is 17.0 Å². The van der Waals surface area contributed by atoms with Crippen LogP contribution in [-0.4, -0.2) is 37.6 Å². The summed E-state index contributed by atoms with van der Waals surface area (Å²) in [5.41, 5.74) is 1.01. The van der Waals surface area contributed by atoms with Crippen LogP contribution in [0.5, 0.6) is 11.5 Å². The maximum atomic E-state index is 12.0. The van der Waals surface area contributed by atoms with E-state index in [0.717, 1.165) is 11.6 Å². The van der Waals surface area contributed by atoms with Gasteiger partial charge in [-0.15, -0.1) is 0 Å². The maximum Gasteiger partial charge on any atom is 0.338 e. The number of esters is 1. The van der Waals surface area contributed by atoms with E-state index in [1.165, 1.54) is 26.4 Å². The predicted octanol–water partition coefficient (Wildman–Crippen LogP) is 2.39. The number of hydrogen-bond donors (Lipinski definition) is 1. The topological polar surface area (TPSA) is 117 Å². The number of nitro benzene ring substituents is 1. The average molecular weight is 388 g/mol. The maximum absolute atomic E-state index is 12.0. The summed E-state index contributed by atoms with van der Waals surface area (Å²) < 4.78 is 15.2. The molecule has 2 rings (SSSR count). The Hall–Kier alpha value is -3.62. The minimum Gasteiger partial charge on any atom is -0.493 e. The number of nitro groups is 1.